The Morgan fingerprint density at radius 1 is 0.955 bits per heavy atom. The van der Waals surface area contributed by atoms with Gasteiger partial charge in [0, 0.05) is 16.4 Å². The van der Waals surface area contributed by atoms with Crippen molar-refractivity contribution in [3.05, 3.63) is 58.6 Å². The van der Waals surface area contributed by atoms with Crippen LogP contribution in [0.3, 0.4) is 0 Å². The lowest BCUT2D eigenvalue weighted by Crippen LogP contribution is -2.21. The Hall–Kier alpha value is -2.33. The van der Waals surface area contributed by atoms with E-state index in [1.54, 1.807) is 24.3 Å². The number of carbonyl (C=O) groups is 2. The Labute approximate surface area is 134 Å². The van der Waals surface area contributed by atoms with Gasteiger partial charge in [-0.05, 0) is 55.3 Å². The van der Waals surface area contributed by atoms with E-state index in [4.69, 9.17) is 11.6 Å². The number of benzene rings is 2. The predicted molar refractivity (Wildman–Crippen MR) is 89.2 cm³/mol. The lowest BCUT2D eigenvalue weighted by Gasteiger charge is -2.09. The van der Waals surface area contributed by atoms with Crippen LogP contribution in [0.5, 0.6) is 0 Å². The van der Waals surface area contributed by atoms with E-state index in [1.165, 1.54) is 0 Å². The summed E-state index contributed by atoms with van der Waals surface area (Å²) >= 11 is 5.77. The summed E-state index contributed by atoms with van der Waals surface area (Å²) in [7, 11) is 0. The zero-order chi connectivity index (χ0) is 16.1. The smallest absolute Gasteiger partial charge is 0.233 e. The number of nitrogens with one attached hydrogen (secondary N) is 2. The molecule has 2 aromatic carbocycles. The summed E-state index contributed by atoms with van der Waals surface area (Å²) in [5, 5.41) is 6.00. The molecule has 0 atom stereocenters. The first-order valence-electron chi connectivity index (χ1n) is 6.86. The summed E-state index contributed by atoms with van der Waals surface area (Å²) < 4.78 is 0. The van der Waals surface area contributed by atoms with E-state index in [-0.39, 0.29) is 18.2 Å². The molecule has 0 aliphatic carbocycles. The fourth-order valence-electron chi connectivity index (χ4n) is 1.95. The highest BCUT2D eigenvalue weighted by molar-refractivity contribution is 6.30. The van der Waals surface area contributed by atoms with Crippen molar-refractivity contribution in [2.45, 2.75) is 20.3 Å². The van der Waals surface area contributed by atoms with Crippen molar-refractivity contribution in [2.75, 3.05) is 10.6 Å². The van der Waals surface area contributed by atoms with Gasteiger partial charge in [0.25, 0.3) is 0 Å². The minimum Gasteiger partial charge on any atom is -0.326 e. The maximum absolute atomic E-state index is 11.9. The second-order valence-electron chi connectivity index (χ2n) is 5.10. The van der Waals surface area contributed by atoms with Crippen LogP contribution >= 0.6 is 11.6 Å². The van der Waals surface area contributed by atoms with E-state index in [9.17, 15) is 9.59 Å². The van der Waals surface area contributed by atoms with Gasteiger partial charge in [-0.15, -0.1) is 0 Å². The molecule has 0 saturated carbocycles. The lowest BCUT2D eigenvalue weighted by atomic mass is 10.1. The fraction of sp³-hybridized carbons (Fsp3) is 0.176. The molecule has 2 amide bonds. The fourth-order valence-corrected chi connectivity index (χ4v) is 2.08. The Bertz CT molecular complexity index is 696. The van der Waals surface area contributed by atoms with Crippen molar-refractivity contribution in [3.8, 4) is 0 Å². The van der Waals surface area contributed by atoms with Gasteiger partial charge in [-0.2, -0.15) is 0 Å². The highest BCUT2D eigenvalue weighted by Gasteiger charge is 2.11. The van der Waals surface area contributed by atoms with Crippen LogP contribution in [-0.2, 0) is 9.59 Å². The third-order valence-electron chi connectivity index (χ3n) is 3.12. The molecule has 0 unspecified atom stereocenters. The number of anilines is 2. The summed E-state index contributed by atoms with van der Waals surface area (Å²) in [4.78, 5) is 23.8. The number of hydrogen-bond donors (Lipinski definition) is 2. The molecule has 4 nitrogen and oxygen atoms in total. The van der Waals surface area contributed by atoms with Gasteiger partial charge in [0.05, 0.1) is 0 Å². The molecule has 0 saturated heterocycles. The quantitative estimate of drug-likeness (QED) is 0.840. The van der Waals surface area contributed by atoms with E-state index in [0.717, 1.165) is 16.8 Å². The Morgan fingerprint density at radius 3 is 2.27 bits per heavy atom. The van der Waals surface area contributed by atoms with Gasteiger partial charge in [-0.25, -0.2) is 0 Å². The van der Waals surface area contributed by atoms with Crippen LogP contribution in [0.15, 0.2) is 42.5 Å². The van der Waals surface area contributed by atoms with Gasteiger partial charge in [-0.3, -0.25) is 9.59 Å². The third-order valence-corrected chi connectivity index (χ3v) is 3.37. The Kier molecular flexibility index (Phi) is 5.17. The molecule has 2 rings (SSSR count). The molecule has 22 heavy (non-hydrogen) atoms. The number of carbonyl (C=O) groups excluding carboxylic acids is 2. The highest BCUT2D eigenvalue weighted by atomic mass is 35.5. The molecular formula is C17H17ClN2O2. The van der Waals surface area contributed by atoms with E-state index in [2.05, 4.69) is 10.6 Å². The summed E-state index contributed by atoms with van der Waals surface area (Å²) in [6, 6.07) is 12.5. The molecule has 2 N–H and O–H groups in total. The predicted octanol–water partition coefficient (Wildman–Crippen LogP) is 3.92. The molecule has 0 aromatic heterocycles. The van der Waals surface area contributed by atoms with Gasteiger partial charge < -0.3 is 10.6 Å². The van der Waals surface area contributed by atoms with Crippen molar-refractivity contribution < 1.29 is 9.59 Å². The molecule has 0 bridgehead atoms. The average Bonchev–Trinajstić information content (AvgIpc) is 2.45. The number of aryl methyl sites for hydroxylation is 2. The summed E-state index contributed by atoms with van der Waals surface area (Å²) in [5.74, 6) is -0.717. The second-order valence-corrected chi connectivity index (χ2v) is 5.53. The van der Waals surface area contributed by atoms with E-state index < -0.39 is 0 Å². The van der Waals surface area contributed by atoms with Crippen LogP contribution in [0.25, 0.3) is 0 Å². The van der Waals surface area contributed by atoms with Crippen LogP contribution in [0.4, 0.5) is 11.4 Å². The maximum atomic E-state index is 11.9. The van der Waals surface area contributed by atoms with Crippen molar-refractivity contribution in [1.82, 2.24) is 0 Å². The van der Waals surface area contributed by atoms with Crippen molar-refractivity contribution >= 4 is 34.8 Å². The molecule has 114 valence electrons. The van der Waals surface area contributed by atoms with Gasteiger partial charge in [-0.1, -0.05) is 23.7 Å². The van der Waals surface area contributed by atoms with Crippen LogP contribution in [-0.4, -0.2) is 11.8 Å². The monoisotopic (exact) mass is 316 g/mol. The van der Waals surface area contributed by atoms with Gasteiger partial charge >= 0.3 is 0 Å². The molecule has 5 heteroatoms. The van der Waals surface area contributed by atoms with E-state index >= 15 is 0 Å². The molecule has 0 heterocycles. The largest absolute Gasteiger partial charge is 0.326 e. The summed E-state index contributed by atoms with van der Waals surface area (Å²) in [6.45, 7) is 3.85. The Balaban J connectivity index is 1.92. The molecule has 0 spiro atoms. The average molecular weight is 317 g/mol. The number of halogens is 1. The molecule has 0 radical (unpaired) electrons. The minimum absolute atomic E-state index is 0.240. The number of amides is 2. The van der Waals surface area contributed by atoms with Crippen LogP contribution in [0.1, 0.15) is 17.5 Å². The normalized spacial score (nSPS) is 10.1. The minimum atomic E-state index is -0.370. The molecule has 2 aromatic rings. The van der Waals surface area contributed by atoms with Gasteiger partial charge in [0.2, 0.25) is 11.8 Å². The van der Waals surface area contributed by atoms with Gasteiger partial charge in [0.1, 0.15) is 6.42 Å². The lowest BCUT2D eigenvalue weighted by molar-refractivity contribution is -0.123. The zero-order valence-electron chi connectivity index (χ0n) is 12.4. The van der Waals surface area contributed by atoms with Crippen LogP contribution in [0, 0.1) is 13.8 Å². The first kappa shape index (κ1) is 16.0. The zero-order valence-corrected chi connectivity index (χ0v) is 13.2. The number of hydrogen-bond acceptors (Lipinski definition) is 2. The summed E-state index contributed by atoms with van der Waals surface area (Å²) in [6.07, 6.45) is -0.240. The number of rotatable bonds is 4. The highest BCUT2D eigenvalue weighted by Crippen LogP contribution is 2.17. The molecule has 0 aliphatic rings. The maximum Gasteiger partial charge on any atom is 0.233 e. The summed E-state index contributed by atoms with van der Waals surface area (Å²) in [5.41, 5.74) is 3.34. The van der Waals surface area contributed by atoms with Crippen LogP contribution < -0.4 is 10.6 Å². The first-order chi connectivity index (χ1) is 10.4. The van der Waals surface area contributed by atoms with E-state index in [0.29, 0.717) is 10.7 Å². The second kappa shape index (κ2) is 7.09. The van der Waals surface area contributed by atoms with E-state index in [1.807, 2.05) is 32.0 Å². The molecular weight excluding hydrogens is 300 g/mol. The van der Waals surface area contributed by atoms with Crippen molar-refractivity contribution in [3.63, 3.8) is 0 Å². The molecule has 0 fully saturated rings. The standard InChI is InChI=1S/C17H17ClN2O2/c1-11-3-4-12(2)15(9-11)20-17(22)10-16(21)19-14-7-5-13(18)6-8-14/h3-9H,10H2,1-2H3,(H,19,21)(H,20,22). The third kappa shape index (κ3) is 4.60. The van der Waals surface area contributed by atoms with Gasteiger partial charge in [0.15, 0.2) is 0 Å². The van der Waals surface area contributed by atoms with Crippen LogP contribution in [0.2, 0.25) is 5.02 Å². The molecule has 0 aliphatic heterocycles. The van der Waals surface area contributed by atoms with Crippen molar-refractivity contribution in [1.29, 1.82) is 0 Å². The topological polar surface area (TPSA) is 58.2 Å². The Morgan fingerprint density at radius 2 is 1.59 bits per heavy atom. The van der Waals surface area contributed by atoms with Crippen molar-refractivity contribution in [2.24, 2.45) is 0 Å². The SMILES string of the molecule is Cc1ccc(C)c(NC(=O)CC(=O)Nc2ccc(Cl)cc2)c1. The first-order valence-corrected chi connectivity index (χ1v) is 7.24.